The molecule has 2 heterocycles. The highest BCUT2D eigenvalue weighted by Gasteiger charge is 2.05. The Kier molecular flexibility index (Phi) is 3.38. The van der Waals surface area contributed by atoms with Crippen LogP contribution in [0.5, 0.6) is 0 Å². The number of aromatic amines is 1. The van der Waals surface area contributed by atoms with E-state index in [1.165, 1.54) is 5.56 Å². The van der Waals surface area contributed by atoms with E-state index in [9.17, 15) is 4.79 Å². The van der Waals surface area contributed by atoms with Crippen LogP contribution in [-0.2, 0) is 12.8 Å². The molecule has 1 N–H and O–H groups in total. The molecule has 0 spiro atoms. The molecule has 0 amide bonds. The topological polar surface area (TPSA) is 45.8 Å². The van der Waals surface area contributed by atoms with Crippen molar-refractivity contribution in [2.24, 2.45) is 0 Å². The summed E-state index contributed by atoms with van der Waals surface area (Å²) in [5.41, 5.74) is 4.02. The average molecular weight is 228 g/mol. The van der Waals surface area contributed by atoms with E-state index in [2.05, 4.69) is 23.0 Å². The van der Waals surface area contributed by atoms with Gasteiger partial charge in [-0.1, -0.05) is 19.9 Å². The first-order chi connectivity index (χ1) is 8.24. The first kappa shape index (κ1) is 11.6. The fourth-order valence-corrected chi connectivity index (χ4v) is 1.83. The Morgan fingerprint density at radius 3 is 2.53 bits per heavy atom. The van der Waals surface area contributed by atoms with Crippen LogP contribution in [0.15, 0.2) is 35.3 Å². The molecule has 0 bridgehead atoms. The van der Waals surface area contributed by atoms with Crippen molar-refractivity contribution in [3.63, 3.8) is 0 Å². The number of nitrogens with one attached hydrogen (secondary N) is 1. The van der Waals surface area contributed by atoms with Gasteiger partial charge in [-0.05, 0) is 30.5 Å². The van der Waals surface area contributed by atoms with E-state index >= 15 is 0 Å². The van der Waals surface area contributed by atoms with Crippen LogP contribution < -0.4 is 5.56 Å². The van der Waals surface area contributed by atoms with Crippen molar-refractivity contribution in [2.75, 3.05) is 0 Å². The number of hydrogen-bond donors (Lipinski definition) is 1. The van der Waals surface area contributed by atoms with Crippen molar-refractivity contribution in [1.29, 1.82) is 0 Å². The van der Waals surface area contributed by atoms with Gasteiger partial charge >= 0.3 is 0 Å². The molecule has 88 valence electrons. The summed E-state index contributed by atoms with van der Waals surface area (Å²) in [4.78, 5) is 18.6. The molecule has 0 aliphatic heterocycles. The Balaban J connectivity index is 2.48. The fourth-order valence-electron chi connectivity index (χ4n) is 1.83. The average Bonchev–Trinajstić information content (AvgIpc) is 2.39. The molecule has 0 unspecified atom stereocenters. The van der Waals surface area contributed by atoms with Crippen molar-refractivity contribution in [3.05, 3.63) is 52.1 Å². The van der Waals surface area contributed by atoms with Crippen molar-refractivity contribution in [1.82, 2.24) is 9.97 Å². The van der Waals surface area contributed by atoms with Crippen molar-refractivity contribution >= 4 is 0 Å². The summed E-state index contributed by atoms with van der Waals surface area (Å²) in [5.74, 6) is 0. The van der Waals surface area contributed by atoms with E-state index < -0.39 is 0 Å². The minimum atomic E-state index is -0.0595. The van der Waals surface area contributed by atoms with E-state index in [0.717, 1.165) is 29.8 Å². The molecule has 2 rings (SSSR count). The highest BCUT2D eigenvalue weighted by atomic mass is 16.1. The normalized spacial score (nSPS) is 10.5. The molecule has 0 fully saturated rings. The summed E-state index contributed by atoms with van der Waals surface area (Å²) in [6.07, 6.45) is 3.67. The van der Waals surface area contributed by atoms with Crippen LogP contribution in [0.1, 0.15) is 25.1 Å². The minimum absolute atomic E-state index is 0.0595. The predicted octanol–water partition coefficient (Wildman–Crippen LogP) is 2.56. The van der Waals surface area contributed by atoms with E-state index in [1.807, 2.05) is 25.3 Å². The third-order valence-electron chi connectivity index (χ3n) is 2.86. The zero-order chi connectivity index (χ0) is 12.3. The summed E-state index contributed by atoms with van der Waals surface area (Å²) in [5, 5.41) is 0. The molecule has 0 saturated heterocycles. The molecule has 2 aromatic rings. The number of aryl methyl sites for hydroxylation is 2. The lowest BCUT2D eigenvalue weighted by atomic mass is 10.1. The third kappa shape index (κ3) is 2.44. The van der Waals surface area contributed by atoms with Crippen molar-refractivity contribution in [2.45, 2.75) is 26.7 Å². The molecule has 0 atom stereocenters. The Morgan fingerprint density at radius 2 is 1.94 bits per heavy atom. The van der Waals surface area contributed by atoms with E-state index in [1.54, 1.807) is 6.07 Å². The van der Waals surface area contributed by atoms with Gasteiger partial charge in [0.2, 0.25) is 5.56 Å². The molecule has 3 heteroatoms. The van der Waals surface area contributed by atoms with Gasteiger partial charge in [0.05, 0.1) is 5.69 Å². The zero-order valence-corrected chi connectivity index (χ0v) is 10.2. The summed E-state index contributed by atoms with van der Waals surface area (Å²) < 4.78 is 0. The molecule has 0 radical (unpaired) electrons. The van der Waals surface area contributed by atoms with Crippen LogP contribution in [0.4, 0.5) is 0 Å². The number of nitrogens with zero attached hydrogens (tertiary/aromatic N) is 1. The quantitative estimate of drug-likeness (QED) is 0.877. The zero-order valence-electron chi connectivity index (χ0n) is 10.2. The van der Waals surface area contributed by atoms with E-state index in [4.69, 9.17) is 0 Å². The van der Waals surface area contributed by atoms with Gasteiger partial charge in [0.25, 0.3) is 0 Å². The number of H-pyrrole nitrogens is 1. The van der Waals surface area contributed by atoms with Gasteiger partial charge in [-0.2, -0.15) is 0 Å². The summed E-state index contributed by atoms with van der Waals surface area (Å²) in [7, 11) is 0. The van der Waals surface area contributed by atoms with Gasteiger partial charge in [0, 0.05) is 23.5 Å². The molecule has 2 aromatic heterocycles. The van der Waals surface area contributed by atoms with Gasteiger partial charge in [-0.3, -0.25) is 9.78 Å². The number of rotatable bonds is 3. The maximum absolute atomic E-state index is 11.3. The van der Waals surface area contributed by atoms with Crippen LogP contribution in [0.3, 0.4) is 0 Å². The minimum Gasteiger partial charge on any atom is -0.326 e. The molecule has 3 nitrogen and oxygen atoms in total. The fraction of sp³-hybridized carbons (Fsp3) is 0.286. The largest absolute Gasteiger partial charge is 0.326 e. The summed E-state index contributed by atoms with van der Waals surface area (Å²) >= 11 is 0. The maximum atomic E-state index is 11.3. The first-order valence-corrected chi connectivity index (χ1v) is 5.92. The second-order valence-corrected chi connectivity index (χ2v) is 3.97. The highest BCUT2D eigenvalue weighted by Crippen LogP contribution is 2.19. The van der Waals surface area contributed by atoms with Gasteiger partial charge < -0.3 is 4.98 Å². The van der Waals surface area contributed by atoms with Gasteiger partial charge in [-0.15, -0.1) is 0 Å². The van der Waals surface area contributed by atoms with Crippen molar-refractivity contribution < 1.29 is 0 Å². The third-order valence-corrected chi connectivity index (χ3v) is 2.86. The van der Waals surface area contributed by atoms with Gasteiger partial charge in [0.15, 0.2) is 0 Å². The summed E-state index contributed by atoms with van der Waals surface area (Å²) in [6, 6.07) is 7.47. The Labute approximate surface area is 101 Å². The van der Waals surface area contributed by atoms with Crippen LogP contribution >= 0.6 is 0 Å². The second kappa shape index (κ2) is 4.95. The summed E-state index contributed by atoms with van der Waals surface area (Å²) in [6.45, 7) is 4.13. The van der Waals surface area contributed by atoms with Crippen LogP contribution in [0.2, 0.25) is 0 Å². The number of aromatic nitrogens is 2. The lowest BCUT2D eigenvalue weighted by molar-refractivity contribution is 1.01. The predicted molar refractivity (Wildman–Crippen MR) is 69.0 cm³/mol. The molecule has 0 saturated carbocycles. The standard InChI is InChI=1S/C14H16N2O/c1-3-10-5-7-13(15-9-10)11-6-8-14(17)16-12(11)4-2/h5-9H,3-4H2,1-2H3,(H,16,17). The van der Waals surface area contributed by atoms with Crippen LogP contribution in [0, 0.1) is 0 Å². The first-order valence-electron chi connectivity index (χ1n) is 5.92. The maximum Gasteiger partial charge on any atom is 0.248 e. The monoisotopic (exact) mass is 228 g/mol. The smallest absolute Gasteiger partial charge is 0.248 e. The van der Waals surface area contributed by atoms with Crippen LogP contribution in [0.25, 0.3) is 11.3 Å². The number of pyridine rings is 2. The Bertz CT molecular complexity index is 555. The lowest BCUT2D eigenvalue weighted by Crippen LogP contribution is -2.08. The molecule has 0 aromatic carbocycles. The lowest BCUT2D eigenvalue weighted by Gasteiger charge is -2.07. The molecule has 17 heavy (non-hydrogen) atoms. The highest BCUT2D eigenvalue weighted by molar-refractivity contribution is 5.61. The second-order valence-electron chi connectivity index (χ2n) is 3.97. The number of hydrogen-bond acceptors (Lipinski definition) is 2. The van der Waals surface area contributed by atoms with E-state index in [0.29, 0.717) is 0 Å². The van der Waals surface area contributed by atoms with Gasteiger partial charge in [0.1, 0.15) is 0 Å². The molecular formula is C14H16N2O. The Hall–Kier alpha value is -1.90. The van der Waals surface area contributed by atoms with Gasteiger partial charge in [-0.25, -0.2) is 0 Å². The molecule has 0 aliphatic rings. The van der Waals surface area contributed by atoms with E-state index in [-0.39, 0.29) is 5.56 Å². The van der Waals surface area contributed by atoms with Crippen molar-refractivity contribution in [3.8, 4) is 11.3 Å². The molecular weight excluding hydrogens is 212 g/mol. The molecule has 0 aliphatic carbocycles. The van der Waals surface area contributed by atoms with Crippen LogP contribution in [-0.4, -0.2) is 9.97 Å². The SMILES string of the molecule is CCc1ccc(-c2ccc(=O)[nH]c2CC)nc1. The Morgan fingerprint density at radius 1 is 1.12 bits per heavy atom.